The topological polar surface area (TPSA) is 125 Å². The zero-order valence-corrected chi connectivity index (χ0v) is 31.3. The minimum absolute atomic E-state index is 0.0321. The highest BCUT2D eigenvalue weighted by Crippen LogP contribution is 2.52. The second-order valence-electron chi connectivity index (χ2n) is 15.5. The number of hydrogen-bond donors (Lipinski definition) is 2. The summed E-state index contributed by atoms with van der Waals surface area (Å²) >= 11 is 0. The van der Waals surface area contributed by atoms with Gasteiger partial charge in [0.25, 0.3) is 0 Å². The van der Waals surface area contributed by atoms with Gasteiger partial charge in [-0.05, 0) is 130 Å². The number of carbonyl (C=O) groups excluding carboxylic acids is 2. The van der Waals surface area contributed by atoms with E-state index >= 15 is 8.78 Å². The minimum Gasteiger partial charge on any atom is -0.453 e. The van der Waals surface area contributed by atoms with Crippen molar-refractivity contribution in [3.63, 3.8) is 0 Å². The van der Waals surface area contributed by atoms with Crippen molar-refractivity contribution in [2.75, 3.05) is 64.4 Å². The number of piperidine rings is 1. The highest BCUT2D eigenvalue weighted by atomic mass is 32.2. The Balaban J connectivity index is 1.03. The number of nitrogens with zero attached hydrogens (tertiary/aromatic N) is 3. The van der Waals surface area contributed by atoms with E-state index in [-0.39, 0.29) is 64.4 Å². The van der Waals surface area contributed by atoms with Crippen molar-refractivity contribution in [1.82, 2.24) is 15.1 Å². The lowest BCUT2D eigenvalue weighted by molar-refractivity contribution is 0.00575. The Morgan fingerprint density at radius 3 is 2.22 bits per heavy atom. The Morgan fingerprint density at radius 1 is 0.907 bits per heavy atom. The standard InChI is InChI=1S/C40H48F3N5O5S/c1-53-38(50)45-35-8-3-7-33(35)40(26-46-17-4-18-46,29-5-2-6-30(41)21-29)28-15-19-47(20-16-28)23-39(43)24-48(25-39)36-14-13-32(22-34(36)42)54(51,52)31-11-9-27(10-12-31)37(44)49/h2,5-6,9-14,21-22,28,33,35H,3-4,7-8,15-20,23-26H2,1H3,(H2,44,49)(H,45,50)/t33-,35-,40-/m0/s1. The lowest BCUT2D eigenvalue weighted by Crippen LogP contribution is -2.65. The van der Waals surface area contributed by atoms with Crippen LogP contribution in [-0.2, 0) is 20.0 Å². The van der Waals surface area contributed by atoms with Crippen LogP contribution in [0, 0.1) is 23.5 Å². The van der Waals surface area contributed by atoms with E-state index in [1.165, 1.54) is 49.6 Å². The molecule has 4 fully saturated rings. The number of carbonyl (C=O) groups is 2. The number of sulfone groups is 1. The van der Waals surface area contributed by atoms with E-state index in [4.69, 9.17) is 10.5 Å². The van der Waals surface area contributed by atoms with E-state index < -0.39 is 38.7 Å². The van der Waals surface area contributed by atoms with Gasteiger partial charge in [0.05, 0.1) is 35.7 Å². The van der Waals surface area contributed by atoms with Crippen LogP contribution in [0.25, 0.3) is 0 Å². The number of anilines is 1. The van der Waals surface area contributed by atoms with Crippen molar-refractivity contribution >= 4 is 27.5 Å². The van der Waals surface area contributed by atoms with E-state index in [0.717, 1.165) is 69.8 Å². The fraction of sp³-hybridized carbons (Fsp3) is 0.500. The van der Waals surface area contributed by atoms with E-state index in [2.05, 4.69) is 15.1 Å². The number of methoxy groups -OCH3 is 1. The smallest absolute Gasteiger partial charge is 0.407 e. The molecule has 3 aliphatic heterocycles. The molecule has 7 rings (SSSR count). The maximum absolute atomic E-state index is 16.2. The predicted molar refractivity (Wildman–Crippen MR) is 198 cm³/mol. The van der Waals surface area contributed by atoms with Gasteiger partial charge >= 0.3 is 6.09 Å². The van der Waals surface area contributed by atoms with Gasteiger partial charge in [-0.25, -0.2) is 26.4 Å². The molecule has 3 aromatic rings. The second-order valence-corrected chi connectivity index (χ2v) is 17.5. The number of alkyl carbamates (subject to hydrolysis) is 1. The molecule has 2 amide bonds. The first-order valence-electron chi connectivity index (χ1n) is 18.7. The molecule has 3 heterocycles. The SMILES string of the molecule is COC(=O)N[C@H]1CCC[C@@H]1[C@](CN1CCC1)(c1cccc(F)c1)C1CCN(CC2(F)CN(c3ccc(S(=O)(=O)c4ccc(C(N)=O)cc4)cc3F)C2)CC1. The maximum Gasteiger partial charge on any atom is 0.407 e. The zero-order chi connectivity index (χ0) is 38.3. The normalized spacial score (nSPS) is 23.2. The third-order valence-electron chi connectivity index (χ3n) is 12.3. The highest BCUT2D eigenvalue weighted by molar-refractivity contribution is 7.91. The Hall–Kier alpha value is -4.14. The molecule has 3 saturated heterocycles. The number of rotatable bonds is 12. The van der Waals surface area contributed by atoms with Crippen LogP contribution >= 0.6 is 0 Å². The predicted octanol–water partition coefficient (Wildman–Crippen LogP) is 5.31. The number of hydrogen-bond acceptors (Lipinski definition) is 8. The van der Waals surface area contributed by atoms with Gasteiger partial charge in [0, 0.05) is 30.1 Å². The van der Waals surface area contributed by atoms with Crippen LogP contribution in [0.1, 0.15) is 54.4 Å². The van der Waals surface area contributed by atoms with Gasteiger partial charge in [-0.3, -0.25) is 9.69 Å². The van der Waals surface area contributed by atoms with Crippen molar-refractivity contribution < 1.29 is 35.9 Å². The van der Waals surface area contributed by atoms with Crippen molar-refractivity contribution in [3.05, 3.63) is 89.5 Å². The molecule has 54 heavy (non-hydrogen) atoms. The van der Waals surface area contributed by atoms with Gasteiger partial charge in [-0.15, -0.1) is 0 Å². The number of alkyl halides is 1. The summed E-state index contributed by atoms with van der Waals surface area (Å²) in [5, 5.41) is 3.11. The molecule has 0 unspecified atom stereocenters. The third-order valence-corrected chi connectivity index (χ3v) is 14.0. The molecule has 1 aliphatic carbocycles. The average Bonchev–Trinajstić information content (AvgIpc) is 3.59. The molecule has 0 radical (unpaired) electrons. The molecule has 3 aromatic carbocycles. The molecule has 1 saturated carbocycles. The summed E-state index contributed by atoms with van der Waals surface area (Å²) in [4.78, 5) is 29.6. The fourth-order valence-electron chi connectivity index (χ4n) is 9.50. The number of nitrogens with two attached hydrogens (primary N) is 1. The van der Waals surface area contributed by atoms with Crippen LogP contribution < -0.4 is 16.0 Å². The summed E-state index contributed by atoms with van der Waals surface area (Å²) in [7, 11) is -2.70. The Kier molecular flexibility index (Phi) is 10.7. The molecular weight excluding hydrogens is 720 g/mol. The second kappa shape index (κ2) is 15.2. The van der Waals surface area contributed by atoms with Crippen molar-refractivity contribution in [2.24, 2.45) is 17.6 Å². The Morgan fingerprint density at radius 2 is 1.61 bits per heavy atom. The maximum atomic E-state index is 16.2. The van der Waals surface area contributed by atoms with Crippen molar-refractivity contribution in [1.29, 1.82) is 0 Å². The molecule has 10 nitrogen and oxygen atoms in total. The number of benzene rings is 3. The van der Waals surface area contributed by atoms with Gasteiger partial charge in [0.1, 0.15) is 11.6 Å². The molecule has 0 bridgehead atoms. The molecule has 0 aromatic heterocycles. The summed E-state index contributed by atoms with van der Waals surface area (Å²) in [6.07, 6.45) is 4.88. The summed E-state index contributed by atoms with van der Waals surface area (Å²) in [6.45, 7) is 4.13. The molecule has 290 valence electrons. The van der Waals surface area contributed by atoms with Crippen LogP contribution in [0.3, 0.4) is 0 Å². The summed E-state index contributed by atoms with van der Waals surface area (Å²) < 4.78 is 77.9. The summed E-state index contributed by atoms with van der Waals surface area (Å²) in [5.74, 6) is -1.51. The van der Waals surface area contributed by atoms with Crippen molar-refractivity contribution in [3.8, 4) is 0 Å². The van der Waals surface area contributed by atoms with Crippen LogP contribution in [0.5, 0.6) is 0 Å². The fourth-order valence-corrected chi connectivity index (χ4v) is 10.8. The number of ether oxygens (including phenoxy) is 1. The van der Waals surface area contributed by atoms with E-state index in [9.17, 15) is 22.4 Å². The monoisotopic (exact) mass is 767 g/mol. The van der Waals surface area contributed by atoms with Crippen LogP contribution in [0.15, 0.2) is 76.5 Å². The lowest BCUT2D eigenvalue weighted by Gasteiger charge is -2.54. The van der Waals surface area contributed by atoms with Gasteiger partial charge in [-0.2, -0.15) is 0 Å². The molecular formula is C40H48F3N5O5S. The number of primary amides is 1. The minimum atomic E-state index is -4.07. The Bertz CT molecular complexity index is 1970. The first kappa shape index (κ1) is 38.1. The number of nitrogens with one attached hydrogen (secondary N) is 1. The molecule has 4 aliphatic rings. The molecule has 3 atom stereocenters. The molecule has 14 heteroatoms. The number of halogens is 3. The van der Waals surface area contributed by atoms with Crippen LogP contribution in [-0.4, -0.2) is 101 Å². The Labute approximate surface area is 314 Å². The quantitative estimate of drug-likeness (QED) is 0.255. The van der Waals surface area contributed by atoms with Gasteiger partial charge in [0.15, 0.2) is 5.67 Å². The van der Waals surface area contributed by atoms with Gasteiger partial charge < -0.3 is 25.6 Å². The van der Waals surface area contributed by atoms with E-state index in [1.807, 2.05) is 6.07 Å². The first-order valence-corrected chi connectivity index (χ1v) is 20.2. The number of likely N-dealkylation sites (tertiary alicyclic amines) is 2. The van der Waals surface area contributed by atoms with E-state index in [1.54, 1.807) is 17.0 Å². The lowest BCUT2D eigenvalue weighted by atomic mass is 9.57. The van der Waals surface area contributed by atoms with Crippen LogP contribution in [0.4, 0.5) is 23.7 Å². The van der Waals surface area contributed by atoms with Crippen LogP contribution in [0.2, 0.25) is 0 Å². The largest absolute Gasteiger partial charge is 0.453 e. The summed E-state index contributed by atoms with van der Waals surface area (Å²) in [6, 6.07) is 15.5. The zero-order valence-electron chi connectivity index (χ0n) is 30.5. The van der Waals surface area contributed by atoms with Gasteiger partial charge in [0.2, 0.25) is 15.7 Å². The van der Waals surface area contributed by atoms with Crippen molar-refractivity contribution in [2.45, 2.75) is 65.4 Å². The highest BCUT2D eigenvalue weighted by Gasteiger charge is 2.54. The summed E-state index contributed by atoms with van der Waals surface area (Å²) in [5.41, 5.74) is 4.47. The third kappa shape index (κ3) is 7.44. The average molecular weight is 768 g/mol. The number of amides is 2. The molecule has 3 N–H and O–H groups in total. The van der Waals surface area contributed by atoms with Gasteiger partial charge in [-0.1, -0.05) is 18.6 Å². The van der Waals surface area contributed by atoms with E-state index in [0.29, 0.717) is 13.1 Å². The first-order chi connectivity index (χ1) is 25.8. The molecule has 0 spiro atoms.